The van der Waals surface area contributed by atoms with E-state index in [0.29, 0.717) is 22.7 Å². The zero-order chi connectivity index (χ0) is 22.9. The van der Waals surface area contributed by atoms with Gasteiger partial charge in [0, 0.05) is 35.6 Å². The molecule has 0 spiro atoms. The second-order valence-electron chi connectivity index (χ2n) is 7.84. The summed E-state index contributed by atoms with van der Waals surface area (Å²) < 4.78 is 53.7. The number of pyridine rings is 1. The van der Waals surface area contributed by atoms with E-state index in [0.717, 1.165) is 0 Å². The van der Waals surface area contributed by atoms with Crippen LogP contribution in [0.15, 0.2) is 53.6 Å². The lowest BCUT2D eigenvalue weighted by Gasteiger charge is -2.36. The smallest absolute Gasteiger partial charge is 0.468 e. The van der Waals surface area contributed by atoms with E-state index in [1.54, 1.807) is 30.6 Å². The van der Waals surface area contributed by atoms with Crippen LogP contribution in [0.1, 0.15) is 20.8 Å². The molecule has 3 rings (SSSR count). The Bertz CT molecular complexity index is 892. The lowest BCUT2D eigenvalue weighted by atomic mass is 9.80. The molecular weight excluding hydrogens is 435 g/mol. The van der Waals surface area contributed by atoms with E-state index in [9.17, 15) is 13.2 Å². The van der Waals surface area contributed by atoms with Gasteiger partial charge in [-0.1, -0.05) is 17.7 Å². The Morgan fingerprint density at radius 2 is 2.06 bits per heavy atom. The minimum absolute atomic E-state index is 0.131. The highest BCUT2D eigenvalue weighted by atomic mass is 35.5. The molecule has 1 fully saturated rings. The molecule has 0 saturated carbocycles. The minimum atomic E-state index is -4.43. The van der Waals surface area contributed by atoms with E-state index in [1.165, 1.54) is 17.3 Å². The monoisotopic (exact) mass is 458 g/mol. The molecule has 2 aliphatic rings. The highest BCUT2D eigenvalue weighted by Gasteiger charge is 2.54. The molecule has 12 heteroatoms. The average Bonchev–Trinajstić information content (AvgIpc) is 2.92. The van der Waals surface area contributed by atoms with Crippen LogP contribution in [0.25, 0.3) is 0 Å². The van der Waals surface area contributed by atoms with Gasteiger partial charge < -0.3 is 19.4 Å². The van der Waals surface area contributed by atoms with Crippen molar-refractivity contribution in [3.63, 3.8) is 0 Å². The predicted molar refractivity (Wildman–Crippen MR) is 111 cm³/mol. The first-order chi connectivity index (χ1) is 14.4. The first kappa shape index (κ1) is 23.5. The molecule has 3 N–H and O–H groups in total. The normalized spacial score (nSPS) is 24.5. The van der Waals surface area contributed by atoms with Crippen molar-refractivity contribution in [2.75, 3.05) is 13.2 Å². The molecule has 0 amide bonds. The third-order valence-electron chi connectivity index (χ3n) is 5.13. The summed E-state index contributed by atoms with van der Waals surface area (Å²) in [5.74, 6) is 5.75. The highest BCUT2D eigenvalue weighted by Crippen LogP contribution is 2.36. The van der Waals surface area contributed by atoms with Gasteiger partial charge in [-0.2, -0.15) is 13.2 Å². The maximum absolute atomic E-state index is 12.3. The van der Waals surface area contributed by atoms with Crippen molar-refractivity contribution in [2.45, 2.75) is 38.1 Å². The SMILES string of the molecule is CC1(C)OB(c2ccc(OCC(F)(F)F)nc2)OC1(C)CN/C=C1/C=C(Cl)C=CN1N. The number of ether oxygens (including phenoxy) is 1. The predicted octanol–water partition coefficient (Wildman–Crippen LogP) is 2.56. The molecule has 0 radical (unpaired) electrons. The molecule has 1 saturated heterocycles. The second-order valence-corrected chi connectivity index (χ2v) is 8.28. The van der Waals surface area contributed by atoms with Crippen LogP contribution in [-0.4, -0.2) is 47.6 Å². The van der Waals surface area contributed by atoms with Gasteiger partial charge in [0.05, 0.1) is 16.9 Å². The largest absolute Gasteiger partial charge is 0.496 e. The third kappa shape index (κ3) is 5.73. The van der Waals surface area contributed by atoms with Crippen molar-refractivity contribution in [3.05, 3.63) is 53.6 Å². The quantitative estimate of drug-likeness (QED) is 0.501. The van der Waals surface area contributed by atoms with Crippen molar-refractivity contribution in [1.82, 2.24) is 15.3 Å². The van der Waals surface area contributed by atoms with Gasteiger partial charge in [0.1, 0.15) is 0 Å². The van der Waals surface area contributed by atoms with Crippen molar-refractivity contribution in [2.24, 2.45) is 5.84 Å². The van der Waals surface area contributed by atoms with Gasteiger partial charge in [0.2, 0.25) is 5.88 Å². The summed E-state index contributed by atoms with van der Waals surface area (Å²) in [4.78, 5) is 3.91. The van der Waals surface area contributed by atoms with E-state index >= 15 is 0 Å². The zero-order valence-electron chi connectivity index (χ0n) is 17.2. The third-order valence-corrected chi connectivity index (χ3v) is 5.36. The molecule has 7 nitrogen and oxygen atoms in total. The van der Waals surface area contributed by atoms with Gasteiger partial charge in [0.15, 0.2) is 6.61 Å². The lowest BCUT2D eigenvalue weighted by Crippen LogP contribution is -2.51. The van der Waals surface area contributed by atoms with Gasteiger partial charge in [0.25, 0.3) is 0 Å². The van der Waals surface area contributed by atoms with Crippen molar-refractivity contribution in [3.8, 4) is 5.88 Å². The number of rotatable bonds is 6. The summed E-state index contributed by atoms with van der Waals surface area (Å²) in [5.41, 5.74) is -0.188. The number of halogens is 4. The number of alkyl halides is 3. The number of aromatic nitrogens is 1. The Labute approximate surface area is 183 Å². The first-order valence-electron chi connectivity index (χ1n) is 9.43. The standard InChI is InChI=1S/C19H23BClF3N4O3/c1-17(2)18(3,11-26-10-15-8-14(21)6-7-28(15)25)31-20(30-17)13-4-5-16(27-9-13)29-12-19(22,23)24/h4-10,26H,11-12,25H2,1-3H3/b15-10-. The molecule has 0 bridgehead atoms. The number of nitrogens with two attached hydrogens (primary N) is 1. The summed E-state index contributed by atoms with van der Waals surface area (Å²) in [7, 11) is -0.739. The molecule has 1 atom stereocenters. The van der Waals surface area contributed by atoms with Crippen LogP contribution < -0.4 is 21.4 Å². The van der Waals surface area contributed by atoms with Gasteiger partial charge in [-0.05, 0) is 39.0 Å². The van der Waals surface area contributed by atoms with Crippen LogP contribution in [0.2, 0.25) is 0 Å². The maximum Gasteiger partial charge on any atom is 0.496 e. The Morgan fingerprint density at radius 3 is 2.71 bits per heavy atom. The Morgan fingerprint density at radius 1 is 1.32 bits per heavy atom. The van der Waals surface area contributed by atoms with Crippen LogP contribution in [-0.2, 0) is 9.31 Å². The van der Waals surface area contributed by atoms with Gasteiger partial charge in [-0.25, -0.2) is 10.8 Å². The fraction of sp³-hybridized carbons (Fsp3) is 0.421. The molecule has 1 unspecified atom stereocenters. The number of hydrogen-bond acceptors (Lipinski definition) is 7. The number of hydrazine groups is 1. The maximum atomic E-state index is 12.3. The van der Waals surface area contributed by atoms with Gasteiger partial charge >= 0.3 is 13.3 Å². The Kier molecular flexibility index (Phi) is 6.61. The number of hydrogen-bond donors (Lipinski definition) is 2. The topological polar surface area (TPSA) is 81.9 Å². The molecule has 0 aliphatic carbocycles. The molecule has 1 aromatic rings. The molecule has 1 aromatic heterocycles. The number of nitrogens with one attached hydrogen (secondary N) is 1. The van der Waals surface area contributed by atoms with Crippen molar-refractivity contribution in [1.29, 1.82) is 0 Å². The Balaban J connectivity index is 1.64. The Hall–Kier alpha value is -2.21. The second kappa shape index (κ2) is 8.74. The number of allylic oxidation sites excluding steroid dienone is 3. The summed E-state index contributed by atoms with van der Waals surface area (Å²) in [6, 6.07) is 2.91. The van der Waals surface area contributed by atoms with E-state index in [-0.39, 0.29) is 5.88 Å². The van der Waals surface area contributed by atoms with E-state index < -0.39 is 31.1 Å². The average molecular weight is 459 g/mol. The van der Waals surface area contributed by atoms with Gasteiger partial charge in [-0.3, -0.25) is 5.01 Å². The van der Waals surface area contributed by atoms with E-state index in [1.807, 2.05) is 20.8 Å². The summed E-state index contributed by atoms with van der Waals surface area (Å²) >= 11 is 6.00. The molecule has 0 aromatic carbocycles. The van der Waals surface area contributed by atoms with Crippen molar-refractivity contribution >= 4 is 24.2 Å². The fourth-order valence-corrected chi connectivity index (χ4v) is 3.09. The summed E-state index contributed by atoms with van der Waals surface area (Å²) in [6.45, 7) is 4.68. The van der Waals surface area contributed by atoms with Crippen LogP contribution in [0.3, 0.4) is 0 Å². The van der Waals surface area contributed by atoms with Gasteiger partial charge in [-0.15, -0.1) is 0 Å². The van der Waals surface area contributed by atoms with E-state index in [2.05, 4.69) is 15.0 Å². The van der Waals surface area contributed by atoms with E-state index in [4.69, 9.17) is 26.8 Å². The molecule has 168 valence electrons. The molecule has 2 aliphatic heterocycles. The molecule has 31 heavy (non-hydrogen) atoms. The zero-order valence-corrected chi connectivity index (χ0v) is 18.0. The van der Waals surface area contributed by atoms with Crippen LogP contribution in [0.5, 0.6) is 5.88 Å². The first-order valence-corrected chi connectivity index (χ1v) is 9.80. The molecule has 3 heterocycles. The lowest BCUT2D eigenvalue weighted by molar-refractivity contribution is -0.154. The summed E-state index contributed by atoms with van der Waals surface area (Å²) in [5, 5.41) is 5.17. The van der Waals surface area contributed by atoms with Crippen LogP contribution in [0, 0.1) is 0 Å². The summed E-state index contributed by atoms with van der Waals surface area (Å²) in [6.07, 6.45) is 3.70. The minimum Gasteiger partial charge on any atom is -0.468 e. The molecular formula is C19H23BClF3N4O3. The number of nitrogens with zero attached hydrogens (tertiary/aromatic N) is 2. The highest BCUT2D eigenvalue weighted by molar-refractivity contribution is 6.62. The fourth-order valence-electron chi connectivity index (χ4n) is 2.93. The van der Waals surface area contributed by atoms with Crippen LogP contribution in [0.4, 0.5) is 13.2 Å². The van der Waals surface area contributed by atoms with Crippen LogP contribution >= 0.6 is 11.6 Å². The van der Waals surface area contributed by atoms with Crippen molar-refractivity contribution < 1.29 is 27.2 Å².